The Morgan fingerprint density at radius 1 is 1.20 bits per heavy atom. The smallest absolute Gasteiger partial charge is 0.324 e. The summed E-state index contributed by atoms with van der Waals surface area (Å²) < 4.78 is 8.28. The zero-order valence-electron chi connectivity index (χ0n) is 16.0. The molecular formula is C21H17N3O4S2. The van der Waals surface area contributed by atoms with Gasteiger partial charge in [-0.1, -0.05) is 53.0 Å². The molecule has 7 nitrogen and oxygen atoms in total. The molecule has 0 aliphatic heterocycles. The number of rotatable bonds is 6. The monoisotopic (exact) mass is 439 g/mol. The fraction of sp³-hybridized carbons (Fsp3) is 0.143. The standard InChI is InChI=1S/C21H17N3O4S2/c1-28-13-12-23-17-9-6-14-4-2-3-5-16(14)20(17)30-21(23)22-18(25)10-7-15-8-11-19(29-15)24(26)27/h2-11H,12-13H2,1H3/b10-7+,22-21?. The van der Waals surface area contributed by atoms with Crippen molar-refractivity contribution in [2.75, 3.05) is 13.7 Å². The van der Waals surface area contributed by atoms with Gasteiger partial charge in [-0.05, 0) is 23.6 Å². The van der Waals surface area contributed by atoms with Crippen LogP contribution in [0.25, 0.3) is 27.1 Å². The lowest BCUT2D eigenvalue weighted by molar-refractivity contribution is -0.380. The predicted molar refractivity (Wildman–Crippen MR) is 120 cm³/mol. The van der Waals surface area contributed by atoms with Gasteiger partial charge < -0.3 is 9.30 Å². The predicted octanol–water partition coefficient (Wildman–Crippen LogP) is 4.61. The van der Waals surface area contributed by atoms with Crippen molar-refractivity contribution < 1.29 is 14.5 Å². The van der Waals surface area contributed by atoms with Gasteiger partial charge in [-0.3, -0.25) is 14.9 Å². The third-order valence-corrected chi connectivity index (χ3v) is 6.61. The average molecular weight is 440 g/mol. The number of nitro groups is 1. The Kier molecular flexibility index (Phi) is 5.84. The first kappa shape index (κ1) is 20.1. The molecule has 0 spiro atoms. The second-order valence-electron chi connectivity index (χ2n) is 6.38. The van der Waals surface area contributed by atoms with Crippen LogP contribution in [0, 0.1) is 10.1 Å². The highest BCUT2D eigenvalue weighted by atomic mass is 32.1. The number of benzene rings is 2. The van der Waals surface area contributed by atoms with E-state index >= 15 is 0 Å². The molecule has 0 saturated heterocycles. The number of thiazole rings is 1. The molecule has 152 valence electrons. The molecule has 0 aliphatic carbocycles. The molecule has 30 heavy (non-hydrogen) atoms. The van der Waals surface area contributed by atoms with Gasteiger partial charge in [0.25, 0.3) is 5.91 Å². The lowest BCUT2D eigenvalue weighted by atomic mass is 10.1. The number of hydrogen-bond acceptors (Lipinski definition) is 6. The molecular weight excluding hydrogens is 422 g/mol. The van der Waals surface area contributed by atoms with Gasteiger partial charge in [-0.15, -0.1) is 0 Å². The molecule has 2 heterocycles. The van der Waals surface area contributed by atoms with Crippen LogP contribution in [0.2, 0.25) is 0 Å². The van der Waals surface area contributed by atoms with E-state index in [0.717, 1.165) is 32.3 Å². The van der Waals surface area contributed by atoms with E-state index < -0.39 is 10.8 Å². The lowest BCUT2D eigenvalue weighted by Crippen LogP contribution is -2.18. The van der Waals surface area contributed by atoms with Crippen LogP contribution in [0.15, 0.2) is 59.6 Å². The molecule has 4 rings (SSSR count). The molecule has 0 saturated carbocycles. The SMILES string of the molecule is COCCn1c(=NC(=O)/C=C/c2ccc([N+](=O)[O-])s2)sc2c3ccccc3ccc21. The first-order valence-electron chi connectivity index (χ1n) is 9.08. The number of amides is 1. The van der Waals surface area contributed by atoms with Gasteiger partial charge in [-0.25, -0.2) is 0 Å². The zero-order chi connectivity index (χ0) is 21.1. The van der Waals surface area contributed by atoms with Crippen LogP contribution in [0.4, 0.5) is 5.00 Å². The number of ether oxygens (including phenoxy) is 1. The molecule has 0 radical (unpaired) electrons. The van der Waals surface area contributed by atoms with E-state index in [-0.39, 0.29) is 5.00 Å². The van der Waals surface area contributed by atoms with Crippen molar-refractivity contribution in [1.29, 1.82) is 0 Å². The number of fused-ring (bicyclic) bond motifs is 3. The maximum Gasteiger partial charge on any atom is 0.324 e. The summed E-state index contributed by atoms with van der Waals surface area (Å²) in [4.78, 5) is 28.3. The summed E-state index contributed by atoms with van der Waals surface area (Å²) >= 11 is 2.47. The molecule has 0 aliphatic rings. The van der Waals surface area contributed by atoms with E-state index in [1.54, 1.807) is 19.3 Å². The van der Waals surface area contributed by atoms with Gasteiger partial charge in [0.1, 0.15) is 0 Å². The molecule has 0 unspecified atom stereocenters. The number of hydrogen-bond donors (Lipinski definition) is 0. The molecule has 2 aromatic heterocycles. The quantitative estimate of drug-likeness (QED) is 0.249. The molecule has 2 aromatic carbocycles. The molecule has 0 bridgehead atoms. The van der Waals surface area contributed by atoms with Crippen molar-refractivity contribution in [3.8, 4) is 0 Å². The van der Waals surface area contributed by atoms with Crippen LogP contribution in [0.3, 0.4) is 0 Å². The maximum atomic E-state index is 12.5. The highest BCUT2D eigenvalue weighted by Gasteiger charge is 2.11. The van der Waals surface area contributed by atoms with Gasteiger partial charge >= 0.3 is 5.00 Å². The number of aromatic nitrogens is 1. The van der Waals surface area contributed by atoms with Crippen LogP contribution >= 0.6 is 22.7 Å². The van der Waals surface area contributed by atoms with Gasteiger partial charge in [0.15, 0.2) is 4.80 Å². The fourth-order valence-corrected chi connectivity index (χ4v) is 5.02. The number of carbonyl (C=O) groups is 1. The second kappa shape index (κ2) is 8.70. The Balaban J connectivity index is 1.74. The third kappa shape index (κ3) is 4.09. The Labute approximate surface area is 179 Å². The minimum Gasteiger partial charge on any atom is -0.383 e. The summed E-state index contributed by atoms with van der Waals surface area (Å²) in [7, 11) is 1.63. The highest BCUT2D eigenvalue weighted by molar-refractivity contribution is 7.17. The highest BCUT2D eigenvalue weighted by Crippen LogP contribution is 2.28. The van der Waals surface area contributed by atoms with E-state index in [4.69, 9.17) is 4.74 Å². The van der Waals surface area contributed by atoms with E-state index in [9.17, 15) is 14.9 Å². The normalized spacial score (nSPS) is 12.4. The largest absolute Gasteiger partial charge is 0.383 e. The molecule has 0 atom stereocenters. The molecule has 0 fully saturated rings. The van der Waals surface area contributed by atoms with E-state index in [2.05, 4.69) is 23.2 Å². The Bertz CT molecular complexity index is 1350. The van der Waals surface area contributed by atoms with E-state index in [1.807, 2.05) is 22.8 Å². The molecule has 1 amide bonds. The maximum absolute atomic E-state index is 12.5. The second-order valence-corrected chi connectivity index (χ2v) is 8.45. The molecule has 4 aromatic rings. The summed E-state index contributed by atoms with van der Waals surface area (Å²) in [6.45, 7) is 1.07. The fourth-order valence-electron chi connectivity index (χ4n) is 3.10. The zero-order valence-corrected chi connectivity index (χ0v) is 17.6. The van der Waals surface area contributed by atoms with Crippen LogP contribution in [-0.2, 0) is 16.1 Å². The van der Waals surface area contributed by atoms with Gasteiger partial charge in [0.2, 0.25) is 0 Å². The van der Waals surface area contributed by atoms with Gasteiger partial charge in [0, 0.05) is 36.1 Å². The summed E-state index contributed by atoms with van der Waals surface area (Å²) in [5.74, 6) is -0.423. The van der Waals surface area contributed by atoms with Crippen molar-refractivity contribution in [1.82, 2.24) is 4.57 Å². The summed E-state index contributed by atoms with van der Waals surface area (Å²) in [6, 6.07) is 15.2. The number of nitrogens with zero attached hydrogens (tertiary/aromatic N) is 3. The number of methoxy groups -OCH3 is 1. The van der Waals surface area contributed by atoms with Crippen LogP contribution in [-0.4, -0.2) is 29.1 Å². The van der Waals surface area contributed by atoms with Crippen LogP contribution < -0.4 is 4.80 Å². The van der Waals surface area contributed by atoms with Crippen LogP contribution in [0.1, 0.15) is 4.88 Å². The van der Waals surface area contributed by atoms with Crippen LogP contribution in [0.5, 0.6) is 0 Å². The Morgan fingerprint density at radius 3 is 2.80 bits per heavy atom. The van der Waals surface area contributed by atoms with Gasteiger partial charge in [0.05, 0.1) is 21.7 Å². The summed E-state index contributed by atoms with van der Waals surface area (Å²) in [5.41, 5.74) is 1.00. The van der Waals surface area contributed by atoms with E-state index in [0.29, 0.717) is 22.8 Å². The molecule has 9 heteroatoms. The van der Waals surface area contributed by atoms with E-state index in [1.165, 1.54) is 23.5 Å². The summed E-state index contributed by atoms with van der Waals surface area (Å²) in [6.07, 6.45) is 2.88. The van der Waals surface area contributed by atoms with Crippen molar-refractivity contribution in [3.63, 3.8) is 0 Å². The van der Waals surface area contributed by atoms with Crippen molar-refractivity contribution in [2.45, 2.75) is 6.54 Å². The van der Waals surface area contributed by atoms with Crippen molar-refractivity contribution in [2.24, 2.45) is 4.99 Å². The third-order valence-electron chi connectivity index (χ3n) is 4.48. The number of carbonyl (C=O) groups excluding carboxylic acids is 1. The lowest BCUT2D eigenvalue weighted by Gasteiger charge is -2.05. The first-order valence-corrected chi connectivity index (χ1v) is 10.7. The first-order chi connectivity index (χ1) is 14.6. The minimum atomic E-state index is -0.450. The molecule has 0 N–H and O–H groups in total. The minimum absolute atomic E-state index is 0.0350. The topological polar surface area (TPSA) is 86.7 Å². The van der Waals surface area contributed by atoms with Gasteiger partial charge in [-0.2, -0.15) is 4.99 Å². The Morgan fingerprint density at radius 2 is 2.03 bits per heavy atom. The van der Waals surface area contributed by atoms with Crippen molar-refractivity contribution >= 4 is 60.6 Å². The summed E-state index contributed by atoms with van der Waals surface area (Å²) in [5, 5.41) is 13.1. The van der Waals surface area contributed by atoms with Crippen molar-refractivity contribution in [3.05, 3.63) is 74.4 Å². The number of thiophene rings is 1. The average Bonchev–Trinajstić information content (AvgIpc) is 3.35. The Hall–Kier alpha value is -3.14.